The fraction of sp³-hybridized carbons (Fsp3) is 0.292. The number of rotatable bonds is 8. The van der Waals surface area contributed by atoms with Crippen LogP contribution in [-0.4, -0.2) is 15.5 Å². The quantitative estimate of drug-likeness (QED) is 0.472. The van der Waals surface area contributed by atoms with Gasteiger partial charge in [-0.25, -0.2) is 0 Å². The van der Waals surface area contributed by atoms with Gasteiger partial charge in [0.15, 0.2) is 5.43 Å². The summed E-state index contributed by atoms with van der Waals surface area (Å²) in [6, 6.07) is 14.0. The van der Waals surface area contributed by atoms with Crippen molar-refractivity contribution in [1.29, 1.82) is 0 Å². The van der Waals surface area contributed by atoms with Gasteiger partial charge in [0.25, 0.3) is 5.91 Å². The minimum Gasteiger partial charge on any atom is -0.343 e. The topological polar surface area (TPSA) is 64.0 Å². The van der Waals surface area contributed by atoms with Gasteiger partial charge in [0.1, 0.15) is 5.56 Å². The Morgan fingerprint density at radius 3 is 2.57 bits per heavy atom. The molecule has 0 aliphatic carbocycles. The highest BCUT2D eigenvalue weighted by molar-refractivity contribution is 6.34. The second-order valence-electron chi connectivity index (χ2n) is 7.23. The van der Waals surface area contributed by atoms with Gasteiger partial charge in [-0.05, 0) is 37.6 Å². The molecule has 0 spiro atoms. The number of unbranched alkanes of at least 4 members (excludes halogenated alkanes) is 3. The van der Waals surface area contributed by atoms with Crippen molar-refractivity contribution in [3.05, 3.63) is 81.2 Å². The largest absolute Gasteiger partial charge is 0.343 e. The third-order valence-electron chi connectivity index (χ3n) is 5.01. The molecule has 5 nitrogen and oxygen atoms in total. The fourth-order valence-electron chi connectivity index (χ4n) is 3.49. The molecule has 0 saturated heterocycles. The number of amides is 1. The lowest BCUT2D eigenvalue weighted by Gasteiger charge is -2.20. The molecule has 3 aromatic rings. The predicted octanol–water partition coefficient (Wildman–Crippen LogP) is 5.70. The van der Waals surface area contributed by atoms with E-state index >= 15 is 0 Å². The highest BCUT2D eigenvalue weighted by Crippen LogP contribution is 2.25. The number of halogens is 1. The molecule has 0 radical (unpaired) electrons. The Morgan fingerprint density at radius 2 is 1.87 bits per heavy atom. The van der Waals surface area contributed by atoms with Crippen LogP contribution >= 0.6 is 11.6 Å². The summed E-state index contributed by atoms with van der Waals surface area (Å²) in [5.41, 5.74) is 2.16. The number of nitrogens with one attached hydrogen (secondary N) is 1. The van der Waals surface area contributed by atoms with Crippen LogP contribution in [0.25, 0.3) is 11.4 Å². The van der Waals surface area contributed by atoms with Gasteiger partial charge in [0.05, 0.1) is 22.1 Å². The molecule has 1 N–H and O–H groups in total. The highest BCUT2D eigenvalue weighted by atomic mass is 35.5. The number of hydrogen-bond acceptors (Lipinski definition) is 3. The monoisotopic (exact) mass is 423 g/mol. The maximum Gasteiger partial charge on any atom is 0.261 e. The Balaban J connectivity index is 2.10. The smallest absolute Gasteiger partial charge is 0.261 e. The van der Waals surface area contributed by atoms with Crippen LogP contribution in [-0.2, 0) is 6.54 Å². The Bertz CT molecular complexity index is 1080. The number of para-hydroxylation sites is 1. The number of anilines is 1. The predicted molar refractivity (Wildman–Crippen MR) is 122 cm³/mol. The summed E-state index contributed by atoms with van der Waals surface area (Å²) >= 11 is 6.20. The summed E-state index contributed by atoms with van der Waals surface area (Å²) in [6.45, 7) is 4.77. The van der Waals surface area contributed by atoms with E-state index in [9.17, 15) is 9.59 Å². The maximum absolute atomic E-state index is 13.2. The summed E-state index contributed by atoms with van der Waals surface area (Å²) in [4.78, 5) is 30.6. The zero-order valence-corrected chi connectivity index (χ0v) is 18.1. The maximum atomic E-state index is 13.2. The molecule has 0 aliphatic heterocycles. The molecule has 1 aromatic carbocycles. The van der Waals surface area contributed by atoms with Gasteiger partial charge in [-0.3, -0.25) is 14.6 Å². The van der Waals surface area contributed by atoms with Crippen molar-refractivity contribution in [2.45, 2.75) is 46.1 Å². The minimum atomic E-state index is -0.490. The number of nitrogens with zero attached hydrogens (tertiary/aromatic N) is 2. The minimum absolute atomic E-state index is 0.0784. The van der Waals surface area contributed by atoms with Crippen molar-refractivity contribution in [1.82, 2.24) is 9.55 Å². The molecular weight excluding hydrogens is 398 g/mol. The molecule has 0 atom stereocenters. The number of aryl methyl sites for hydroxylation is 1. The molecular formula is C24H26ClN3O2. The van der Waals surface area contributed by atoms with Gasteiger partial charge >= 0.3 is 0 Å². The van der Waals surface area contributed by atoms with Gasteiger partial charge < -0.3 is 9.88 Å². The van der Waals surface area contributed by atoms with Crippen LogP contribution in [0.1, 0.15) is 48.7 Å². The van der Waals surface area contributed by atoms with Crippen molar-refractivity contribution in [2.24, 2.45) is 0 Å². The molecule has 30 heavy (non-hydrogen) atoms. The Hall–Kier alpha value is -2.92. The van der Waals surface area contributed by atoms with Crippen LogP contribution in [0.4, 0.5) is 5.69 Å². The van der Waals surface area contributed by atoms with E-state index in [4.69, 9.17) is 11.6 Å². The van der Waals surface area contributed by atoms with Gasteiger partial charge in [-0.15, -0.1) is 0 Å². The first-order chi connectivity index (χ1) is 14.5. The molecule has 0 saturated carbocycles. The summed E-state index contributed by atoms with van der Waals surface area (Å²) in [7, 11) is 0. The number of benzene rings is 1. The lowest BCUT2D eigenvalue weighted by atomic mass is 10.1. The molecule has 0 fully saturated rings. The van der Waals surface area contributed by atoms with Gasteiger partial charge in [-0.2, -0.15) is 0 Å². The molecule has 0 aliphatic rings. The summed E-state index contributed by atoms with van der Waals surface area (Å²) in [6.07, 6.45) is 6.01. The zero-order chi connectivity index (χ0) is 21.5. The van der Waals surface area contributed by atoms with E-state index in [0.29, 0.717) is 28.6 Å². The van der Waals surface area contributed by atoms with E-state index in [2.05, 4.69) is 17.2 Å². The van der Waals surface area contributed by atoms with E-state index in [1.165, 1.54) is 6.07 Å². The van der Waals surface area contributed by atoms with Crippen molar-refractivity contribution in [3.8, 4) is 11.4 Å². The van der Waals surface area contributed by atoms with Crippen LogP contribution < -0.4 is 10.7 Å². The van der Waals surface area contributed by atoms with E-state index in [0.717, 1.165) is 31.4 Å². The lowest BCUT2D eigenvalue weighted by Crippen LogP contribution is -2.27. The molecule has 1 amide bonds. The second kappa shape index (κ2) is 10.2. The molecule has 2 heterocycles. The summed E-state index contributed by atoms with van der Waals surface area (Å²) in [5.74, 6) is -0.490. The summed E-state index contributed by atoms with van der Waals surface area (Å²) < 4.78 is 2.03. The molecule has 0 bridgehead atoms. The Morgan fingerprint density at radius 1 is 1.10 bits per heavy atom. The highest BCUT2D eigenvalue weighted by Gasteiger charge is 2.23. The molecule has 2 aromatic heterocycles. The van der Waals surface area contributed by atoms with E-state index < -0.39 is 5.91 Å². The Kier molecular flexibility index (Phi) is 7.41. The first-order valence-corrected chi connectivity index (χ1v) is 10.6. The number of pyridine rings is 2. The first kappa shape index (κ1) is 21.8. The third kappa shape index (κ3) is 4.97. The average Bonchev–Trinajstić information content (AvgIpc) is 2.74. The second-order valence-corrected chi connectivity index (χ2v) is 7.64. The van der Waals surface area contributed by atoms with Crippen molar-refractivity contribution in [3.63, 3.8) is 0 Å². The van der Waals surface area contributed by atoms with E-state index in [-0.39, 0.29) is 11.0 Å². The lowest BCUT2D eigenvalue weighted by molar-refractivity contribution is 0.102. The van der Waals surface area contributed by atoms with Crippen LogP contribution in [0.3, 0.4) is 0 Å². The average molecular weight is 424 g/mol. The van der Waals surface area contributed by atoms with Gasteiger partial charge in [0, 0.05) is 24.5 Å². The first-order valence-electron chi connectivity index (χ1n) is 10.2. The molecule has 0 unspecified atom stereocenters. The van der Waals surface area contributed by atoms with Gasteiger partial charge in [-0.1, -0.05) is 56.0 Å². The standard InChI is InChI=1S/C24H26ClN3O2/c1-3-4-5-10-15-28-17(2)16-21(29)22(23(28)20-13-8-9-14-26-20)24(30)27-19-12-7-6-11-18(19)25/h6-9,11-14,16H,3-5,10,15H2,1-2H3,(H,27,30). The SMILES string of the molecule is CCCCCCn1c(C)cc(=O)c(C(=O)Nc2ccccc2Cl)c1-c1ccccn1. The van der Waals surface area contributed by atoms with Crippen molar-refractivity contribution >= 4 is 23.2 Å². The van der Waals surface area contributed by atoms with E-state index in [1.54, 1.807) is 30.5 Å². The number of carbonyl (C=O) groups excluding carboxylic acids is 1. The Labute approximate surface area is 181 Å². The summed E-state index contributed by atoms with van der Waals surface area (Å²) in [5, 5.41) is 3.20. The molecule has 6 heteroatoms. The molecule has 156 valence electrons. The van der Waals surface area contributed by atoms with Crippen LogP contribution in [0.15, 0.2) is 59.5 Å². The van der Waals surface area contributed by atoms with Crippen LogP contribution in [0.5, 0.6) is 0 Å². The van der Waals surface area contributed by atoms with Gasteiger partial charge in [0.2, 0.25) is 0 Å². The number of aromatic nitrogens is 2. The normalized spacial score (nSPS) is 10.8. The third-order valence-corrected chi connectivity index (χ3v) is 5.34. The number of hydrogen-bond donors (Lipinski definition) is 1. The van der Waals surface area contributed by atoms with Crippen molar-refractivity contribution < 1.29 is 4.79 Å². The van der Waals surface area contributed by atoms with E-state index in [1.807, 2.05) is 29.7 Å². The zero-order valence-electron chi connectivity index (χ0n) is 17.3. The van der Waals surface area contributed by atoms with Crippen LogP contribution in [0.2, 0.25) is 5.02 Å². The molecule has 3 rings (SSSR count). The number of carbonyl (C=O) groups is 1. The van der Waals surface area contributed by atoms with Crippen LogP contribution in [0, 0.1) is 6.92 Å². The van der Waals surface area contributed by atoms with Crippen molar-refractivity contribution in [2.75, 3.05) is 5.32 Å². The fourth-order valence-corrected chi connectivity index (χ4v) is 3.67.